The van der Waals surface area contributed by atoms with Gasteiger partial charge < -0.3 is 43.4 Å². The molecular weight excluding hydrogens is 846 g/mol. The van der Waals surface area contributed by atoms with Crippen molar-refractivity contribution < 1.29 is 57.4 Å². The summed E-state index contributed by atoms with van der Waals surface area (Å²) in [6.45, 7) is 8.67. The highest BCUT2D eigenvalue weighted by atomic mass is 35.5. The van der Waals surface area contributed by atoms with Crippen LogP contribution in [-0.4, -0.2) is 91.9 Å². The number of ether oxygens (including phenoxy) is 7. The van der Waals surface area contributed by atoms with Gasteiger partial charge in [0.2, 0.25) is 0 Å². The minimum absolute atomic E-state index is 0.0112. The molecule has 4 atom stereocenters. The molecule has 13 nitrogen and oxygen atoms in total. The Hall–Kier alpha value is -5.61. The Balaban J connectivity index is 0.000000331. The Kier molecular flexibility index (Phi) is 21.8. The maximum Gasteiger partial charge on any atom is 0.335 e. The molecule has 4 rings (SSSR count). The molecule has 0 aliphatic carbocycles. The maximum atomic E-state index is 14.2. The van der Waals surface area contributed by atoms with E-state index >= 15 is 0 Å². The number of halogens is 3. The monoisotopic (exact) mass is 896 g/mol. The Morgan fingerprint density at radius 3 is 1.61 bits per heavy atom. The summed E-state index contributed by atoms with van der Waals surface area (Å²) in [5, 5.41) is 38.5. The van der Waals surface area contributed by atoms with Crippen LogP contribution < -0.4 is 18.9 Å². The minimum Gasteiger partial charge on any atom is -0.491 e. The standard InChI is InChI=1S/C24H28ClNO6.C22H23ClFNO5/c1-4-29-24(28)23(32-16(2)3)11-17-6-5-7-21(10-17)30-14-20(27)15-31-22-9-8-19(25)12-18(22)13-26;1-14(2)30-21(22(26)27)9-15-4-3-5-19(8-15)28-12-18(24)13-29-20-7-6-17(23)10-16(20)11-25/h5-10,12,16,20,23,27H,4,11,14-15H2,1-3H3;3-8,10,14,18,21H,9,12-13H2,1-2H3,(H,26,27)/t20-,23-;18-,21-/m10/s1. The van der Waals surface area contributed by atoms with E-state index in [4.69, 9.17) is 66.9 Å². The molecule has 0 spiro atoms. The van der Waals surface area contributed by atoms with Gasteiger partial charge in [-0.15, -0.1) is 0 Å². The SMILES string of the molecule is CC(C)O[C@@H](Cc1cccc(OC[C@H](F)COc2ccc(Cl)cc2C#N)c1)C(=O)O.CCOC(=O)[C@@H](Cc1cccc(OC[C@@H](O)COc2ccc(Cl)cc2C#N)c1)OC(C)C. The number of benzene rings is 4. The molecule has 0 radical (unpaired) electrons. The zero-order valence-corrected chi connectivity index (χ0v) is 36.6. The first-order chi connectivity index (χ1) is 29.6. The van der Waals surface area contributed by atoms with Gasteiger partial charge in [0.15, 0.2) is 18.4 Å². The number of hydrogen-bond acceptors (Lipinski definition) is 12. The van der Waals surface area contributed by atoms with Gasteiger partial charge in [-0.2, -0.15) is 10.5 Å². The summed E-state index contributed by atoms with van der Waals surface area (Å²) >= 11 is 11.7. The number of aliphatic carboxylic acids is 1. The number of nitriles is 2. The molecule has 0 aromatic heterocycles. The number of alkyl halides is 1. The lowest BCUT2D eigenvalue weighted by molar-refractivity contribution is -0.159. The van der Waals surface area contributed by atoms with Crippen molar-refractivity contribution in [3.63, 3.8) is 0 Å². The largest absolute Gasteiger partial charge is 0.491 e. The maximum absolute atomic E-state index is 14.2. The van der Waals surface area contributed by atoms with Gasteiger partial charge in [0.05, 0.1) is 29.9 Å². The number of nitrogens with zero attached hydrogens (tertiary/aromatic N) is 2. The third kappa shape index (κ3) is 18.6. The molecule has 0 amide bonds. The summed E-state index contributed by atoms with van der Waals surface area (Å²) in [6.07, 6.45) is -3.88. The second-order valence-corrected chi connectivity index (χ2v) is 15.0. The van der Waals surface area contributed by atoms with Crippen LogP contribution in [0.5, 0.6) is 23.0 Å². The van der Waals surface area contributed by atoms with Crippen LogP contribution in [0.4, 0.5) is 4.39 Å². The molecule has 332 valence electrons. The van der Waals surface area contributed by atoms with E-state index in [1.807, 2.05) is 32.1 Å². The molecule has 0 aliphatic heterocycles. The fourth-order valence-electron chi connectivity index (χ4n) is 5.50. The molecule has 0 saturated heterocycles. The smallest absolute Gasteiger partial charge is 0.335 e. The lowest BCUT2D eigenvalue weighted by Gasteiger charge is -2.19. The third-order valence-corrected chi connectivity index (χ3v) is 8.66. The van der Waals surface area contributed by atoms with E-state index < -0.39 is 36.4 Å². The summed E-state index contributed by atoms with van der Waals surface area (Å²) in [5.74, 6) is 0.0874. The van der Waals surface area contributed by atoms with Crippen molar-refractivity contribution >= 4 is 35.1 Å². The highest BCUT2D eigenvalue weighted by Gasteiger charge is 2.23. The normalized spacial score (nSPS) is 12.7. The molecule has 0 unspecified atom stereocenters. The number of carbonyl (C=O) groups is 2. The fraction of sp³-hybridized carbons (Fsp3) is 0.391. The van der Waals surface area contributed by atoms with Crippen LogP contribution in [0.1, 0.15) is 56.9 Å². The van der Waals surface area contributed by atoms with Gasteiger partial charge in [0.1, 0.15) is 67.7 Å². The Morgan fingerprint density at radius 2 is 1.13 bits per heavy atom. The zero-order chi connectivity index (χ0) is 45.6. The van der Waals surface area contributed by atoms with Crippen molar-refractivity contribution in [3.05, 3.63) is 117 Å². The van der Waals surface area contributed by atoms with E-state index in [2.05, 4.69) is 0 Å². The van der Waals surface area contributed by atoms with Crippen molar-refractivity contribution in [2.24, 2.45) is 0 Å². The molecule has 0 aliphatic rings. The van der Waals surface area contributed by atoms with E-state index in [0.717, 1.165) is 5.56 Å². The molecular formula is C46H51Cl2FN2O11. The molecule has 0 saturated carbocycles. The van der Waals surface area contributed by atoms with E-state index in [9.17, 15) is 24.2 Å². The molecule has 2 N–H and O–H groups in total. The Labute approximate surface area is 371 Å². The number of aliphatic hydroxyl groups is 1. The van der Waals surface area contributed by atoms with Crippen LogP contribution in [0.15, 0.2) is 84.9 Å². The van der Waals surface area contributed by atoms with Crippen LogP contribution in [0.3, 0.4) is 0 Å². The first-order valence-electron chi connectivity index (χ1n) is 19.7. The van der Waals surface area contributed by atoms with Crippen LogP contribution in [0, 0.1) is 22.7 Å². The van der Waals surface area contributed by atoms with Gasteiger partial charge >= 0.3 is 11.9 Å². The average molecular weight is 898 g/mol. The summed E-state index contributed by atoms with van der Waals surface area (Å²) < 4.78 is 52.4. The quantitative estimate of drug-likeness (QED) is 0.0677. The third-order valence-electron chi connectivity index (χ3n) is 8.19. The molecule has 62 heavy (non-hydrogen) atoms. The lowest BCUT2D eigenvalue weighted by Crippen LogP contribution is -2.31. The number of carbonyl (C=O) groups excluding carboxylic acids is 1. The van der Waals surface area contributed by atoms with Crippen LogP contribution >= 0.6 is 23.2 Å². The van der Waals surface area contributed by atoms with Gasteiger partial charge in [-0.25, -0.2) is 14.0 Å². The van der Waals surface area contributed by atoms with E-state index in [1.165, 1.54) is 18.2 Å². The summed E-state index contributed by atoms with van der Waals surface area (Å²) in [5.41, 5.74) is 2.05. The number of rotatable bonds is 23. The molecule has 4 aromatic rings. The topological polar surface area (TPSA) is 187 Å². The Morgan fingerprint density at radius 1 is 0.677 bits per heavy atom. The van der Waals surface area contributed by atoms with Crippen LogP contribution in [0.2, 0.25) is 10.0 Å². The minimum atomic E-state index is -1.44. The van der Waals surface area contributed by atoms with E-state index in [1.54, 1.807) is 81.4 Å². The molecule has 16 heteroatoms. The van der Waals surface area contributed by atoms with Crippen molar-refractivity contribution in [1.29, 1.82) is 10.5 Å². The lowest BCUT2D eigenvalue weighted by atomic mass is 10.1. The van der Waals surface area contributed by atoms with Crippen LogP contribution in [0.25, 0.3) is 0 Å². The summed E-state index contributed by atoms with van der Waals surface area (Å²) in [6, 6.07) is 27.1. The predicted molar refractivity (Wildman–Crippen MR) is 230 cm³/mol. The summed E-state index contributed by atoms with van der Waals surface area (Å²) in [4.78, 5) is 23.5. The average Bonchev–Trinajstić information content (AvgIpc) is 3.23. The van der Waals surface area contributed by atoms with Crippen molar-refractivity contribution in [2.75, 3.05) is 33.0 Å². The highest BCUT2D eigenvalue weighted by molar-refractivity contribution is 6.31. The van der Waals surface area contributed by atoms with Gasteiger partial charge in [0, 0.05) is 22.9 Å². The number of hydrogen-bond donors (Lipinski definition) is 2. The zero-order valence-electron chi connectivity index (χ0n) is 35.1. The number of esters is 1. The second-order valence-electron chi connectivity index (χ2n) is 14.1. The number of carboxylic acid groups (broad SMARTS) is 1. The Bertz CT molecular complexity index is 2130. The van der Waals surface area contributed by atoms with Crippen molar-refractivity contribution in [1.82, 2.24) is 0 Å². The first kappa shape index (κ1) is 50.7. The first-order valence-corrected chi connectivity index (χ1v) is 20.5. The molecule has 0 heterocycles. The summed E-state index contributed by atoms with van der Waals surface area (Å²) in [7, 11) is 0. The van der Waals surface area contributed by atoms with E-state index in [-0.39, 0.29) is 68.5 Å². The van der Waals surface area contributed by atoms with Gasteiger partial charge in [-0.3, -0.25) is 0 Å². The number of carboxylic acids is 1. The van der Waals surface area contributed by atoms with Crippen molar-refractivity contribution in [3.8, 4) is 35.1 Å². The van der Waals surface area contributed by atoms with E-state index in [0.29, 0.717) is 39.3 Å². The molecule has 0 fully saturated rings. The van der Waals surface area contributed by atoms with Gasteiger partial charge in [0.25, 0.3) is 0 Å². The molecule has 0 bridgehead atoms. The van der Waals surface area contributed by atoms with Gasteiger partial charge in [-0.05, 0) is 106 Å². The van der Waals surface area contributed by atoms with Crippen LogP contribution in [-0.2, 0) is 36.6 Å². The van der Waals surface area contributed by atoms with Crippen molar-refractivity contribution in [2.45, 2.75) is 84.2 Å². The predicted octanol–water partition coefficient (Wildman–Crippen LogP) is 8.36. The number of aliphatic hydroxyl groups excluding tert-OH is 1. The van der Waals surface area contributed by atoms with Gasteiger partial charge in [-0.1, -0.05) is 47.5 Å². The fourth-order valence-corrected chi connectivity index (χ4v) is 5.84. The second kappa shape index (κ2) is 26.7. The molecule has 4 aromatic carbocycles. The highest BCUT2D eigenvalue weighted by Crippen LogP contribution is 2.24.